The number of hydrogen-bond acceptors (Lipinski definition) is 3. The van der Waals surface area contributed by atoms with E-state index in [0.29, 0.717) is 0 Å². The largest absolute Gasteiger partial charge is 0.390 e. The van der Waals surface area contributed by atoms with E-state index in [1.165, 1.54) is 128 Å². The lowest BCUT2D eigenvalue weighted by atomic mass is 10.0. The number of aliphatic hydroxyl groups is 1. The van der Waals surface area contributed by atoms with Crippen molar-refractivity contribution in [3.63, 3.8) is 0 Å². The van der Waals surface area contributed by atoms with Gasteiger partial charge in [-0.15, -0.1) is 11.8 Å². The Kier molecular flexibility index (Phi) is 24.8. The minimum atomic E-state index is 0.0548. The van der Waals surface area contributed by atoms with Crippen LogP contribution in [0.15, 0.2) is 0 Å². The Morgan fingerprint density at radius 1 is 0.556 bits per heavy atom. The molecular formula is C24H48OS2. The monoisotopic (exact) mass is 416 g/mol. The molecule has 27 heavy (non-hydrogen) atoms. The minimum Gasteiger partial charge on any atom is -0.390 e. The van der Waals surface area contributed by atoms with E-state index in [1.807, 2.05) is 0 Å². The lowest BCUT2D eigenvalue weighted by Crippen LogP contribution is -1.95. The Labute approximate surface area is 180 Å². The second-order valence-corrected chi connectivity index (χ2v) is 10.0. The summed E-state index contributed by atoms with van der Waals surface area (Å²) in [5, 5.41) is 8.84. The Balaban J connectivity index is 3.00. The molecule has 0 aliphatic heterocycles. The Morgan fingerprint density at radius 3 is 1.15 bits per heavy atom. The van der Waals surface area contributed by atoms with Gasteiger partial charge in [0.25, 0.3) is 0 Å². The molecule has 3 heteroatoms. The third-order valence-electron chi connectivity index (χ3n) is 5.39. The van der Waals surface area contributed by atoms with Crippen LogP contribution in [0.4, 0.5) is 0 Å². The van der Waals surface area contributed by atoms with Crippen molar-refractivity contribution < 1.29 is 5.11 Å². The second-order valence-electron chi connectivity index (χ2n) is 8.10. The molecule has 162 valence electrons. The average molecular weight is 417 g/mol. The maximum absolute atomic E-state index is 8.84. The van der Waals surface area contributed by atoms with Crippen molar-refractivity contribution in [2.45, 2.75) is 135 Å². The van der Waals surface area contributed by atoms with Crippen LogP contribution in [0.5, 0.6) is 0 Å². The lowest BCUT2D eigenvalue weighted by molar-refractivity contribution is 0.362. The summed E-state index contributed by atoms with van der Waals surface area (Å²) in [7, 11) is 0. The van der Waals surface area contributed by atoms with Gasteiger partial charge in [-0.05, 0) is 12.2 Å². The minimum absolute atomic E-state index is 0.0548. The third kappa shape index (κ3) is 24.4. The highest BCUT2D eigenvalue weighted by Gasteiger charge is 1.97. The van der Waals surface area contributed by atoms with Crippen LogP contribution in [0, 0.1) is 0 Å². The quantitative estimate of drug-likeness (QED) is 0.140. The van der Waals surface area contributed by atoms with Gasteiger partial charge in [-0.1, -0.05) is 141 Å². The maximum Gasteiger partial charge on any atom is 0.0842 e. The molecule has 0 spiro atoms. The van der Waals surface area contributed by atoms with E-state index in [1.54, 1.807) is 11.8 Å². The molecule has 0 aliphatic carbocycles. The van der Waals surface area contributed by atoms with E-state index < -0.39 is 0 Å². The van der Waals surface area contributed by atoms with Crippen molar-refractivity contribution in [1.29, 1.82) is 0 Å². The highest BCUT2D eigenvalue weighted by molar-refractivity contribution is 8.23. The van der Waals surface area contributed by atoms with E-state index in [4.69, 9.17) is 17.3 Å². The summed E-state index contributed by atoms with van der Waals surface area (Å²) >= 11 is 6.64. The molecule has 0 atom stereocenters. The van der Waals surface area contributed by atoms with E-state index in [2.05, 4.69) is 6.92 Å². The molecule has 0 rings (SSSR count). The Bertz CT molecular complexity index is 294. The standard InChI is InChI=1S/C24H48OS2/c1-2-3-4-5-6-7-8-9-10-11-12-13-14-15-16-17-18-19-20-21-22-27-24(26)23-25/h25H,2-23H2,1H3. The van der Waals surface area contributed by atoms with Gasteiger partial charge in [0.15, 0.2) is 0 Å². The highest BCUT2D eigenvalue weighted by atomic mass is 32.2. The van der Waals surface area contributed by atoms with Crippen LogP contribution in [0.1, 0.15) is 135 Å². The van der Waals surface area contributed by atoms with Gasteiger partial charge in [-0.25, -0.2) is 0 Å². The van der Waals surface area contributed by atoms with Crippen LogP contribution in [0.3, 0.4) is 0 Å². The fraction of sp³-hybridized carbons (Fsp3) is 0.958. The molecule has 1 N–H and O–H groups in total. The first kappa shape index (κ1) is 27.4. The molecule has 0 aromatic heterocycles. The fourth-order valence-electron chi connectivity index (χ4n) is 3.59. The van der Waals surface area contributed by atoms with Crippen molar-refractivity contribution >= 4 is 28.2 Å². The van der Waals surface area contributed by atoms with Crippen LogP contribution < -0.4 is 0 Å². The Hall–Kier alpha value is 0.400. The predicted molar refractivity (Wildman–Crippen MR) is 130 cm³/mol. The van der Waals surface area contributed by atoms with Crippen molar-refractivity contribution in [2.24, 2.45) is 0 Å². The van der Waals surface area contributed by atoms with Crippen LogP contribution >= 0.6 is 24.0 Å². The molecule has 0 saturated heterocycles. The topological polar surface area (TPSA) is 20.2 Å². The molecule has 0 aromatic rings. The molecule has 0 aliphatic rings. The zero-order valence-electron chi connectivity index (χ0n) is 18.3. The lowest BCUT2D eigenvalue weighted by Gasteiger charge is -2.04. The number of hydrogen-bond donors (Lipinski definition) is 1. The third-order valence-corrected chi connectivity index (χ3v) is 6.82. The molecular weight excluding hydrogens is 368 g/mol. The van der Waals surface area contributed by atoms with Gasteiger partial charge >= 0.3 is 0 Å². The van der Waals surface area contributed by atoms with Gasteiger partial charge in [0, 0.05) is 0 Å². The molecule has 0 saturated carbocycles. The van der Waals surface area contributed by atoms with E-state index >= 15 is 0 Å². The zero-order chi connectivity index (χ0) is 19.8. The molecule has 0 radical (unpaired) electrons. The molecule has 0 fully saturated rings. The van der Waals surface area contributed by atoms with Crippen LogP contribution in [-0.4, -0.2) is 21.7 Å². The first-order valence-electron chi connectivity index (χ1n) is 12.1. The number of rotatable bonds is 22. The van der Waals surface area contributed by atoms with Crippen LogP contribution in [0.2, 0.25) is 0 Å². The number of thiocarbonyl (C=S) groups is 1. The number of thioether (sulfide) groups is 1. The molecule has 0 amide bonds. The molecule has 0 heterocycles. The van der Waals surface area contributed by atoms with Crippen molar-refractivity contribution in [3.05, 3.63) is 0 Å². The summed E-state index contributed by atoms with van der Waals surface area (Å²) in [5.74, 6) is 1.08. The Morgan fingerprint density at radius 2 is 0.852 bits per heavy atom. The summed E-state index contributed by atoms with van der Waals surface area (Å²) < 4.78 is 0.743. The fourth-order valence-corrected chi connectivity index (χ4v) is 4.51. The summed E-state index contributed by atoms with van der Waals surface area (Å²) in [4.78, 5) is 0. The van der Waals surface area contributed by atoms with E-state index in [0.717, 1.165) is 9.95 Å². The van der Waals surface area contributed by atoms with Gasteiger partial charge in [0.05, 0.1) is 10.8 Å². The van der Waals surface area contributed by atoms with Crippen molar-refractivity contribution in [3.8, 4) is 0 Å². The first-order valence-corrected chi connectivity index (χ1v) is 13.5. The normalized spacial score (nSPS) is 11.2. The van der Waals surface area contributed by atoms with Crippen LogP contribution in [-0.2, 0) is 0 Å². The molecule has 0 bridgehead atoms. The van der Waals surface area contributed by atoms with Gasteiger partial charge < -0.3 is 5.11 Å². The SMILES string of the molecule is CCCCCCCCCCCCCCCCCCCCCCSC(=S)CO. The van der Waals surface area contributed by atoms with E-state index in [-0.39, 0.29) is 6.61 Å². The summed E-state index contributed by atoms with van der Waals surface area (Å²) in [6.45, 7) is 2.35. The molecule has 0 aromatic carbocycles. The summed E-state index contributed by atoms with van der Waals surface area (Å²) in [5.41, 5.74) is 0. The van der Waals surface area contributed by atoms with Crippen LogP contribution in [0.25, 0.3) is 0 Å². The van der Waals surface area contributed by atoms with Crippen molar-refractivity contribution in [1.82, 2.24) is 0 Å². The van der Waals surface area contributed by atoms with Gasteiger partial charge in [-0.2, -0.15) is 0 Å². The zero-order valence-corrected chi connectivity index (χ0v) is 20.0. The smallest absolute Gasteiger partial charge is 0.0842 e. The highest BCUT2D eigenvalue weighted by Crippen LogP contribution is 2.15. The summed E-state index contributed by atoms with van der Waals surface area (Å²) in [6, 6.07) is 0. The maximum atomic E-state index is 8.84. The number of unbranched alkanes of at least 4 members (excludes halogenated alkanes) is 19. The van der Waals surface area contributed by atoms with Gasteiger partial charge in [-0.3, -0.25) is 0 Å². The molecule has 0 unspecified atom stereocenters. The van der Waals surface area contributed by atoms with Crippen molar-refractivity contribution in [2.75, 3.05) is 12.4 Å². The molecule has 1 nitrogen and oxygen atoms in total. The average Bonchev–Trinajstić information content (AvgIpc) is 2.68. The first-order chi connectivity index (χ1) is 13.3. The van der Waals surface area contributed by atoms with Gasteiger partial charge in [0.2, 0.25) is 0 Å². The van der Waals surface area contributed by atoms with Gasteiger partial charge in [0.1, 0.15) is 0 Å². The summed E-state index contributed by atoms with van der Waals surface area (Å²) in [6.07, 6.45) is 28.5. The van der Waals surface area contributed by atoms with E-state index in [9.17, 15) is 0 Å². The number of aliphatic hydroxyl groups excluding tert-OH is 1. The predicted octanol–water partition coefficient (Wildman–Crippen LogP) is 8.86. The second kappa shape index (κ2) is 24.4.